The van der Waals surface area contributed by atoms with Gasteiger partial charge in [-0.25, -0.2) is 9.36 Å². The van der Waals surface area contributed by atoms with Crippen LogP contribution in [0.1, 0.15) is 143 Å². The first-order valence-electron chi connectivity index (χ1n) is 18.3. The normalized spacial score (nSPS) is 20.6. The molecule has 0 amide bonds. The molecule has 1 aromatic heterocycles. The Morgan fingerprint density at radius 1 is 0.958 bits per heavy atom. The number of unbranched alkanes of at least 4 members (excludes halogenated alkanes) is 13. The fraction of sp³-hybridized carbons (Fsp3) is 0.882. The van der Waals surface area contributed by atoms with E-state index in [1.54, 1.807) is 0 Å². The lowest BCUT2D eigenvalue weighted by Gasteiger charge is -2.24. The molecule has 0 aliphatic carbocycles. The molecule has 1 aromatic rings. The highest BCUT2D eigenvalue weighted by molar-refractivity contribution is 7.99. The maximum Gasteiger partial charge on any atom is 0.472 e. The average molecular weight is 725 g/mol. The van der Waals surface area contributed by atoms with E-state index in [0.29, 0.717) is 24.5 Å². The van der Waals surface area contributed by atoms with Crippen LogP contribution in [0.3, 0.4) is 0 Å². The Morgan fingerprint density at radius 3 is 2.21 bits per heavy atom. The number of nitrogens with one attached hydrogen (secondary N) is 1. The van der Waals surface area contributed by atoms with E-state index < -0.39 is 49.9 Å². The molecule has 2 heterocycles. The number of H-pyrrole nitrogens is 1. The van der Waals surface area contributed by atoms with Crippen LogP contribution >= 0.6 is 19.6 Å². The third kappa shape index (κ3) is 17.7. The van der Waals surface area contributed by atoms with E-state index in [0.717, 1.165) is 16.7 Å². The van der Waals surface area contributed by atoms with Gasteiger partial charge in [0.25, 0.3) is 5.56 Å². The lowest BCUT2D eigenvalue weighted by Crippen LogP contribution is -2.34. The summed E-state index contributed by atoms with van der Waals surface area (Å²) in [7, 11) is -4.46. The molecule has 2 rings (SSSR count). The first-order chi connectivity index (χ1) is 23.1. The molecule has 3 N–H and O–H groups in total. The van der Waals surface area contributed by atoms with Crippen molar-refractivity contribution in [2.24, 2.45) is 0 Å². The van der Waals surface area contributed by atoms with E-state index >= 15 is 0 Å². The van der Waals surface area contributed by atoms with Crippen molar-refractivity contribution in [3.05, 3.63) is 32.9 Å². The van der Waals surface area contributed by atoms with Crippen LogP contribution in [0.25, 0.3) is 0 Å². The van der Waals surface area contributed by atoms with E-state index in [2.05, 4.69) is 20.8 Å². The second-order valence-corrected chi connectivity index (χ2v) is 15.7. The van der Waals surface area contributed by atoms with Crippen LogP contribution < -0.4 is 11.2 Å². The maximum absolute atomic E-state index is 13.7. The lowest BCUT2D eigenvalue weighted by molar-refractivity contribution is -0.0470. The zero-order valence-corrected chi connectivity index (χ0v) is 31.2. The number of aromatic amines is 1. The van der Waals surface area contributed by atoms with E-state index in [1.165, 1.54) is 96.3 Å². The minimum absolute atomic E-state index is 0.0545. The Kier molecular flexibility index (Phi) is 22.4. The number of hydrogen-bond acceptors (Lipinski definition) is 9. The van der Waals surface area contributed by atoms with Gasteiger partial charge in [0.15, 0.2) is 0 Å². The quantitative estimate of drug-likeness (QED) is 0.0556. The molecule has 0 radical (unpaired) electrons. The van der Waals surface area contributed by atoms with Gasteiger partial charge in [0, 0.05) is 18.3 Å². The summed E-state index contributed by atoms with van der Waals surface area (Å²) in [6.45, 7) is 6.42. The van der Waals surface area contributed by atoms with E-state index in [4.69, 9.17) is 18.5 Å². The number of halogens is 1. The molecule has 6 atom stereocenters. The third-order valence-corrected chi connectivity index (χ3v) is 11.3. The largest absolute Gasteiger partial charge is 0.472 e. The van der Waals surface area contributed by atoms with Crippen LogP contribution in [0, 0.1) is 5.82 Å². The number of nitrogens with zero attached hydrogens (tertiary/aromatic N) is 1. The van der Waals surface area contributed by atoms with Crippen LogP contribution in [0.4, 0.5) is 4.39 Å². The summed E-state index contributed by atoms with van der Waals surface area (Å²) in [5.41, 5.74) is -2.07. The number of aliphatic hydroxyl groups excluding tert-OH is 1. The number of phosphoric ester groups is 1. The van der Waals surface area contributed by atoms with E-state index in [9.17, 15) is 28.5 Å². The molecule has 11 nitrogen and oxygen atoms in total. The first kappa shape index (κ1) is 43.1. The molecular weight excluding hydrogens is 662 g/mol. The van der Waals surface area contributed by atoms with Crippen molar-refractivity contribution >= 4 is 19.6 Å². The zero-order chi connectivity index (χ0) is 35.2. The molecule has 48 heavy (non-hydrogen) atoms. The highest BCUT2D eigenvalue weighted by atomic mass is 32.2. The van der Waals surface area contributed by atoms with Crippen molar-refractivity contribution in [1.82, 2.24) is 9.55 Å². The van der Waals surface area contributed by atoms with Crippen molar-refractivity contribution in [2.45, 2.75) is 166 Å². The molecule has 1 fully saturated rings. The van der Waals surface area contributed by atoms with Crippen molar-refractivity contribution in [3.63, 3.8) is 0 Å². The fourth-order valence-electron chi connectivity index (χ4n) is 5.76. The smallest absolute Gasteiger partial charge is 0.390 e. The molecule has 2 unspecified atom stereocenters. The number of hydrogen-bond donors (Lipinski definition) is 3. The Bertz CT molecular complexity index is 1160. The third-order valence-electron chi connectivity index (χ3n) is 8.71. The molecule has 0 bridgehead atoms. The van der Waals surface area contributed by atoms with Crippen LogP contribution in [-0.4, -0.2) is 68.7 Å². The van der Waals surface area contributed by atoms with Gasteiger partial charge in [-0.1, -0.05) is 104 Å². The Balaban J connectivity index is 1.67. The SMILES string of the molecule is CCCCCCCCCCCCSC(CCCCCCC)[C@@H](C)OCCCOP(=O)(O)OC[C@H]1O[C@@H](n2cc(F)c(=O)[nH]c2=O)C[C@@H]1O. The van der Waals surface area contributed by atoms with Crippen LogP contribution in [-0.2, 0) is 23.1 Å². The van der Waals surface area contributed by atoms with Gasteiger partial charge in [0.05, 0.1) is 31.6 Å². The van der Waals surface area contributed by atoms with E-state index in [-0.39, 0.29) is 19.1 Å². The lowest BCUT2D eigenvalue weighted by atomic mass is 10.1. The number of thioether (sulfide) groups is 1. The molecule has 1 saturated heterocycles. The first-order valence-corrected chi connectivity index (χ1v) is 20.8. The fourth-order valence-corrected chi connectivity index (χ4v) is 7.88. The molecular formula is C34H62FN2O9PS. The second-order valence-electron chi connectivity index (χ2n) is 12.9. The average Bonchev–Trinajstić information content (AvgIpc) is 3.42. The summed E-state index contributed by atoms with van der Waals surface area (Å²) in [6, 6.07) is 0. The molecule has 0 aromatic carbocycles. The molecule has 0 saturated carbocycles. The van der Waals surface area contributed by atoms with E-state index in [1.807, 2.05) is 16.7 Å². The van der Waals surface area contributed by atoms with Gasteiger partial charge < -0.3 is 19.5 Å². The maximum atomic E-state index is 13.7. The Morgan fingerprint density at radius 2 is 1.56 bits per heavy atom. The molecule has 1 aliphatic rings. The van der Waals surface area contributed by atoms with Crippen molar-refractivity contribution < 1.29 is 37.5 Å². The van der Waals surface area contributed by atoms with Crippen molar-refractivity contribution in [3.8, 4) is 0 Å². The predicted octanol–water partition coefficient (Wildman–Crippen LogP) is 7.64. The minimum Gasteiger partial charge on any atom is -0.390 e. The van der Waals surface area contributed by atoms with Crippen LogP contribution in [0.2, 0.25) is 0 Å². The van der Waals surface area contributed by atoms with Gasteiger partial charge in [-0.2, -0.15) is 16.2 Å². The summed E-state index contributed by atoms with van der Waals surface area (Å²) in [6.07, 6.45) is 18.3. The number of aromatic nitrogens is 2. The van der Waals surface area contributed by atoms with Gasteiger partial charge in [-0.05, 0) is 31.9 Å². The summed E-state index contributed by atoms with van der Waals surface area (Å²) in [4.78, 5) is 35.2. The zero-order valence-electron chi connectivity index (χ0n) is 29.5. The van der Waals surface area contributed by atoms with Gasteiger partial charge in [0.1, 0.15) is 12.3 Å². The molecule has 14 heteroatoms. The molecule has 280 valence electrons. The number of phosphoric acid groups is 1. The highest BCUT2D eigenvalue weighted by Gasteiger charge is 2.37. The summed E-state index contributed by atoms with van der Waals surface area (Å²) in [5, 5.41) is 10.7. The standard InChI is InChI=1S/C34H62FN2O9PS/c1-4-6-8-10-11-12-13-14-16-18-23-48-31(20-17-15-9-7-5-2)27(3)43-21-19-22-44-47(41,42)45-26-30-29(38)24-32(46-30)37-25-28(35)33(39)36-34(37)40/h25,27,29-32,38H,4-24,26H2,1-3H3,(H,41,42)(H,36,39,40)/t27-,29+,30-,31?,32-/m1/s1. The summed E-state index contributed by atoms with van der Waals surface area (Å²) < 4.78 is 48.7. The van der Waals surface area contributed by atoms with Gasteiger partial charge in [-0.15, -0.1) is 0 Å². The Hall–Kier alpha value is -1.05. The van der Waals surface area contributed by atoms with Crippen LogP contribution in [0.15, 0.2) is 15.8 Å². The molecule has 1 aliphatic heterocycles. The van der Waals surface area contributed by atoms with Crippen molar-refractivity contribution in [1.29, 1.82) is 0 Å². The number of rotatable bonds is 29. The number of ether oxygens (including phenoxy) is 2. The minimum atomic E-state index is -4.46. The monoisotopic (exact) mass is 724 g/mol. The summed E-state index contributed by atoms with van der Waals surface area (Å²) in [5.74, 6) is -0.0450. The molecule has 0 spiro atoms. The van der Waals surface area contributed by atoms with Gasteiger partial charge >= 0.3 is 13.5 Å². The van der Waals surface area contributed by atoms with Crippen LogP contribution in [0.5, 0.6) is 0 Å². The predicted molar refractivity (Wildman–Crippen MR) is 189 cm³/mol. The van der Waals surface area contributed by atoms with Gasteiger partial charge in [-0.3, -0.25) is 23.4 Å². The van der Waals surface area contributed by atoms with Gasteiger partial charge in [0.2, 0.25) is 5.82 Å². The topological polar surface area (TPSA) is 149 Å². The Labute approximate surface area is 290 Å². The number of aliphatic hydroxyl groups is 1. The second kappa shape index (κ2) is 25.0. The highest BCUT2D eigenvalue weighted by Crippen LogP contribution is 2.44. The summed E-state index contributed by atoms with van der Waals surface area (Å²) >= 11 is 2.01. The van der Waals surface area contributed by atoms with Crippen molar-refractivity contribution in [2.75, 3.05) is 25.6 Å².